The van der Waals surface area contributed by atoms with E-state index in [-0.39, 0.29) is 17.6 Å². The molecule has 1 saturated heterocycles. The molecule has 0 radical (unpaired) electrons. The van der Waals surface area contributed by atoms with Gasteiger partial charge in [-0.1, -0.05) is 0 Å². The molecule has 1 aromatic heterocycles. The first-order valence-corrected chi connectivity index (χ1v) is 9.84. The van der Waals surface area contributed by atoms with E-state index >= 15 is 0 Å². The summed E-state index contributed by atoms with van der Waals surface area (Å²) in [5.41, 5.74) is 4.01. The van der Waals surface area contributed by atoms with Crippen LogP contribution in [0.5, 0.6) is 0 Å². The number of ether oxygens (including phenoxy) is 2. The van der Waals surface area contributed by atoms with E-state index in [1.54, 1.807) is 18.2 Å². The van der Waals surface area contributed by atoms with E-state index in [2.05, 4.69) is 5.32 Å². The number of aryl methyl sites for hydroxylation is 1. The molecule has 1 fully saturated rings. The third-order valence-electron chi connectivity index (χ3n) is 5.20. The van der Waals surface area contributed by atoms with Crippen LogP contribution in [0.15, 0.2) is 35.9 Å². The Labute approximate surface area is 175 Å². The van der Waals surface area contributed by atoms with Crippen LogP contribution in [0.3, 0.4) is 0 Å². The van der Waals surface area contributed by atoms with Crippen molar-refractivity contribution < 1.29 is 19.1 Å². The summed E-state index contributed by atoms with van der Waals surface area (Å²) < 4.78 is 12.2. The van der Waals surface area contributed by atoms with Crippen LogP contribution in [0.2, 0.25) is 0 Å². The van der Waals surface area contributed by atoms with E-state index in [0.29, 0.717) is 18.7 Å². The van der Waals surface area contributed by atoms with Crippen molar-refractivity contribution in [3.63, 3.8) is 0 Å². The highest BCUT2D eigenvalue weighted by Crippen LogP contribution is 2.23. The number of methoxy groups -OCH3 is 1. The number of aromatic nitrogens is 1. The lowest BCUT2D eigenvalue weighted by Crippen LogP contribution is -2.32. The third kappa shape index (κ3) is 4.61. The molecule has 1 aliphatic rings. The molecule has 0 aliphatic carbocycles. The molecular weight excluding hydrogens is 382 g/mol. The van der Waals surface area contributed by atoms with E-state index in [1.165, 1.54) is 7.11 Å². The van der Waals surface area contributed by atoms with Gasteiger partial charge in [0.1, 0.15) is 11.6 Å². The number of nitrogens with zero attached hydrogens (tertiary/aromatic N) is 2. The number of hydrogen-bond donors (Lipinski definition) is 1. The van der Waals surface area contributed by atoms with Crippen molar-refractivity contribution >= 4 is 18.0 Å². The summed E-state index contributed by atoms with van der Waals surface area (Å²) in [6.07, 6.45) is 3.54. The Morgan fingerprint density at radius 3 is 2.67 bits per heavy atom. The lowest BCUT2D eigenvalue weighted by Gasteiger charge is -2.11. The molecule has 7 heteroatoms. The minimum absolute atomic E-state index is 0.0203. The molecule has 0 unspecified atom stereocenters. The minimum atomic E-state index is -0.403. The van der Waals surface area contributed by atoms with Crippen molar-refractivity contribution in [1.29, 1.82) is 5.26 Å². The summed E-state index contributed by atoms with van der Waals surface area (Å²) in [4.78, 5) is 24.1. The molecule has 1 N–H and O–H groups in total. The molecule has 1 aliphatic heterocycles. The van der Waals surface area contributed by atoms with E-state index < -0.39 is 5.91 Å². The van der Waals surface area contributed by atoms with Gasteiger partial charge in [0, 0.05) is 30.2 Å². The number of hydrogen-bond acceptors (Lipinski definition) is 5. The molecule has 7 nitrogen and oxygen atoms in total. The van der Waals surface area contributed by atoms with Crippen LogP contribution in [-0.4, -0.2) is 42.8 Å². The lowest BCUT2D eigenvalue weighted by molar-refractivity contribution is -0.117. The van der Waals surface area contributed by atoms with Gasteiger partial charge in [0.05, 0.1) is 18.8 Å². The van der Waals surface area contributed by atoms with Crippen LogP contribution in [0, 0.1) is 25.2 Å². The van der Waals surface area contributed by atoms with Crippen molar-refractivity contribution in [2.24, 2.45) is 0 Å². The molecule has 0 bridgehead atoms. The summed E-state index contributed by atoms with van der Waals surface area (Å²) in [5.74, 6) is -0.793. The van der Waals surface area contributed by atoms with E-state index in [0.717, 1.165) is 35.5 Å². The van der Waals surface area contributed by atoms with Crippen LogP contribution < -0.4 is 5.32 Å². The molecule has 2 heterocycles. The highest BCUT2D eigenvalue weighted by Gasteiger charge is 2.18. The molecule has 3 rings (SSSR count). The summed E-state index contributed by atoms with van der Waals surface area (Å²) in [5, 5.41) is 12.3. The number of nitrogens with one attached hydrogen (secondary N) is 1. The van der Waals surface area contributed by atoms with Crippen molar-refractivity contribution in [3.8, 4) is 11.8 Å². The van der Waals surface area contributed by atoms with Crippen LogP contribution >= 0.6 is 0 Å². The number of carbonyl (C=O) groups excluding carboxylic acids is 2. The summed E-state index contributed by atoms with van der Waals surface area (Å²) in [6, 6.07) is 11.0. The Morgan fingerprint density at radius 2 is 2.07 bits per heavy atom. The summed E-state index contributed by atoms with van der Waals surface area (Å²) in [7, 11) is 1.35. The topological polar surface area (TPSA) is 93.4 Å². The molecule has 1 aromatic carbocycles. The zero-order chi connectivity index (χ0) is 21.7. The molecule has 0 spiro atoms. The normalized spacial score (nSPS) is 16.2. The number of esters is 1. The van der Waals surface area contributed by atoms with Crippen LogP contribution in [0.1, 0.15) is 40.2 Å². The number of rotatable bonds is 6. The molecule has 0 saturated carbocycles. The Morgan fingerprint density at radius 1 is 1.33 bits per heavy atom. The minimum Gasteiger partial charge on any atom is -0.465 e. The average molecular weight is 407 g/mol. The predicted octanol–water partition coefficient (Wildman–Crippen LogP) is 3.08. The highest BCUT2D eigenvalue weighted by molar-refractivity contribution is 6.01. The standard InChI is InChI=1S/C23H25N3O4/c1-15-11-18(12-19(13-24)22(27)25-14-21-5-4-10-30-21)16(2)26(15)20-8-6-17(7-9-20)23(28)29-3/h6-9,11-12,21H,4-5,10,14H2,1-3H3,(H,25,27)/b19-12+/t21-/m1/s1. The van der Waals surface area contributed by atoms with E-state index in [4.69, 9.17) is 9.47 Å². The van der Waals surface area contributed by atoms with Crippen molar-refractivity contribution in [2.45, 2.75) is 32.8 Å². The van der Waals surface area contributed by atoms with Crippen LogP contribution in [-0.2, 0) is 14.3 Å². The fraction of sp³-hybridized carbons (Fsp3) is 0.348. The molecule has 30 heavy (non-hydrogen) atoms. The maximum Gasteiger partial charge on any atom is 0.337 e. The monoisotopic (exact) mass is 407 g/mol. The number of benzene rings is 1. The molecule has 1 atom stereocenters. The van der Waals surface area contributed by atoms with Gasteiger partial charge in [0.25, 0.3) is 5.91 Å². The molecular formula is C23H25N3O4. The van der Waals surface area contributed by atoms with Gasteiger partial charge in [0.15, 0.2) is 0 Å². The number of amides is 1. The largest absolute Gasteiger partial charge is 0.465 e. The Bertz CT molecular complexity index is 1010. The second-order valence-corrected chi connectivity index (χ2v) is 7.22. The molecule has 1 amide bonds. The SMILES string of the molecule is COC(=O)c1ccc(-n2c(C)cc(/C=C(\C#N)C(=O)NC[C@H]3CCCO3)c2C)cc1. The van der Waals surface area contributed by atoms with Crippen LogP contribution in [0.25, 0.3) is 11.8 Å². The van der Waals surface area contributed by atoms with Gasteiger partial charge in [-0.2, -0.15) is 5.26 Å². The number of carbonyl (C=O) groups is 2. The zero-order valence-electron chi connectivity index (χ0n) is 17.4. The first kappa shape index (κ1) is 21.3. The Kier molecular flexibility index (Phi) is 6.70. The zero-order valence-corrected chi connectivity index (χ0v) is 17.4. The second kappa shape index (κ2) is 9.42. The first-order valence-electron chi connectivity index (χ1n) is 9.84. The molecule has 2 aromatic rings. The number of nitriles is 1. The Balaban J connectivity index is 1.82. The maximum atomic E-state index is 12.4. The van der Waals surface area contributed by atoms with Gasteiger partial charge in [-0.15, -0.1) is 0 Å². The maximum absolute atomic E-state index is 12.4. The van der Waals surface area contributed by atoms with Gasteiger partial charge in [-0.05, 0) is 68.7 Å². The van der Waals surface area contributed by atoms with Gasteiger partial charge in [0.2, 0.25) is 0 Å². The van der Waals surface area contributed by atoms with Gasteiger partial charge < -0.3 is 19.4 Å². The predicted molar refractivity (Wildman–Crippen MR) is 112 cm³/mol. The van der Waals surface area contributed by atoms with Crippen LogP contribution in [0.4, 0.5) is 0 Å². The Hall–Kier alpha value is -3.37. The van der Waals surface area contributed by atoms with Gasteiger partial charge in [-0.3, -0.25) is 4.79 Å². The van der Waals surface area contributed by atoms with Gasteiger partial charge in [-0.25, -0.2) is 4.79 Å². The van der Waals surface area contributed by atoms with E-state index in [9.17, 15) is 14.9 Å². The fourth-order valence-corrected chi connectivity index (χ4v) is 3.61. The fourth-order valence-electron chi connectivity index (χ4n) is 3.61. The van der Waals surface area contributed by atoms with Crippen molar-refractivity contribution in [3.05, 3.63) is 58.4 Å². The lowest BCUT2D eigenvalue weighted by atomic mass is 10.1. The molecule has 156 valence electrons. The van der Waals surface area contributed by atoms with Gasteiger partial charge >= 0.3 is 5.97 Å². The first-order chi connectivity index (χ1) is 14.4. The third-order valence-corrected chi connectivity index (χ3v) is 5.20. The second-order valence-electron chi connectivity index (χ2n) is 7.22. The summed E-state index contributed by atoms with van der Waals surface area (Å²) in [6.45, 7) is 4.99. The average Bonchev–Trinajstić information content (AvgIpc) is 3.37. The highest BCUT2D eigenvalue weighted by atomic mass is 16.5. The van der Waals surface area contributed by atoms with Crippen molar-refractivity contribution in [1.82, 2.24) is 9.88 Å². The van der Waals surface area contributed by atoms with E-state index in [1.807, 2.05) is 42.7 Å². The quantitative estimate of drug-likeness (QED) is 0.451. The smallest absolute Gasteiger partial charge is 0.337 e. The summed E-state index contributed by atoms with van der Waals surface area (Å²) >= 11 is 0. The van der Waals surface area contributed by atoms with Crippen molar-refractivity contribution in [2.75, 3.05) is 20.3 Å².